The van der Waals surface area contributed by atoms with Gasteiger partial charge < -0.3 is 10.3 Å². The second kappa shape index (κ2) is 7.37. The summed E-state index contributed by atoms with van der Waals surface area (Å²) in [6, 6.07) is 10.2. The number of amides is 1. The number of hydrogen-bond donors (Lipinski definition) is 2. The molecule has 1 saturated heterocycles. The monoisotopic (exact) mass is 398 g/mol. The summed E-state index contributed by atoms with van der Waals surface area (Å²) in [7, 11) is -3.57. The lowest BCUT2D eigenvalue weighted by Gasteiger charge is -2.26. The third-order valence-corrected chi connectivity index (χ3v) is 7.10. The number of nitrogens with one attached hydrogen (secondary N) is 2. The standard InChI is InChI=1S/C20H22N4O3S/c1-14-5-7-16(12-19(14)28(26,27)24-9-3-2-4-10-24)23-20(25)15-6-8-17-18(11-15)22-13-21-17/h5-8,11-13H,2-4,9-10H2,1H3,(H,21,22)(H,23,25). The number of anilines is 1. The number of fused-ring (bicyclic) bond motifs is 1. The highest BCUT2D eigenvalue weighted by Crippen LogP contribution is 2.26. The number of carbonyl (C=O) groups excluding carboxylic acids is 1. The van der Waals surface area contributed by atoms with E-state index in [1.807, 2.05) is 0 Å². The number of aromatic amines is 1. The fraction of sp³-hybridized carbons (Fsp3) is 0.300. The average molecular weight is 398 g/mol. The van der Waals surface area contributed by atoms with Crippen molar-refractivity contribution in [3.8, 4) is 0 Å². The molecule has 0 saturated carbocycles. The first-order chi connectivity index (χ1) is 13.4. The van der Waals surface area contributed by atoms with E-state index in [4.69, 9.17) is 0 Å². The van der Waals surface area contributed by atoms with Crippen molar-refractivity contribution in [1.82, 2.24) is 14.3 Å². The van der Waals surface area contributed by atoms with E-state index < -0.39 is 10.0 Å². The first kappa shape index (κ1) is 18.6. The van der Waals surface area contributed by atoms with Crippen molar-refractivity contribution in [3.05, 3.63) is 53.9 Å². The van der Waals surface area contributed by atoms with E-state index >= 15 is 0 Å². The molecular formula is C20H22N4O3S. The van der Waals surface area contributed by atoms with Crippen LogP contribution in [0.3, 0.4) is 0 Å². The zero-order valence-corrected chi connectivity index (χ0v) is 16.4. The highest BCUT2D eigenvalue weighted by atomic mass is 32.2. The van der Waals surface area contributed by atoms with E-state index in [9.17, 15) is 13.2 Å². The van der Waals surface area contributed by atoms with Crippen molar-refractivity contribution < 1.29 is 13.2 Å². The number of aryl methyl sites for hydroxylation is 1. The second-order valence-corrected chi connectivity index (χ2v) is 8.94. The molecule has 0 bridgehead atoms. The Hall–Kier alpha value is -2.71. The second-order valence-electron chi connectivity index (χ2n) is 7.03. The van der Waals surface area contributed by atoms with Gasteiger partial charge in [0.1, 0.15) is 0 Å². The molecule has 0 spiro atoms. The molecule has 0 unspecified atom stereocenters. The summed E-state index contributed by atoms with van der Waals surface area (Å²) >= 11 is 0. The summed E-state index contributed by atoms with van der Waals surface area (Å²) in [4.78, 5) is 20.0. The van der Waals surface area contributed by atoms with E-state index in [1.165, 1.54) is 4.31 Å². The van der Waals surface area contributed by atoms with Crippen LogP contribution in [0.2, 0.25) is 0 Å². The Morgan fingerprint density at radius 3 is 2.68 bits per heavy atom. The fourth-order valence-electron chi connectivity index (χ4n) is 3.48. The zero-order valence-electron chi connectivity index (χ0n) is 15.6. The van der Waals surface area contributed by atoms with Crippen LogP contribution < -0.4 is 5.32 Å². The van der Waals surface area contributed by atoms with E-state index in [2.05, 4.69) is 15.3 Å². The summed E-state index contributed by atoms with van der Waals surface area (Å²) in [5.74, 6) is -0.304. The fourth-order valence-corrected chi connectivity index (χ4v) is 5.25. The minimum atomic E-state index is -3.57. The van der Waals surface area contributed by atoms with Gasteiger partial charge in [-0.05, 0) is 55.7 Å². The highest BCUT2D eigenvalue weighted by molar-refractivity contribution is 7.89. The van der Waals surface area contributed by atoms with Crippen LogP contribution in [0.15, 0.2) is 47.6 Å². The highest BCUT2D eigenvalue weighted by Gasteiger charge is 2.27. The predicted molar refractivity (Wildman–Crippen MR) is 108 cm³/mol. The third kappa shape index (κ3) is 3.53. The summed E-state index contributed by atoms with van der Waals surface area (Å²) in [5, 5.41) is 2.80. The summed E-state index contributed by atoms with van der Waals surface area (Å²) in [6.07, 6.45) is 4.39. The lowest BCUT2D eigenvalue weighted by atomic mass is 10.1. The lowest BCUT2D eigenvalue weighted by Crippen LogP contribution is -2.36. The van der Waals surface area contributed by atoms with Crippen LogP contribution in [-0.4, -0.2) is 41.7 Å². The van der Waals surface area contributed by atoms with Crippen molar-refractivity contribution in [2.45, 2.75) is 31.1 Å². The maximum atomic E-state index is 13.0. The van der Waals surface area contributed by atoms with Gasteiger partial charge in [0.2, 0.25) is 10.0 Å². The molecule has 0 radical (unpaired) electrons. The van der Waals surface area contributed by atoms with Gasteiger partial charge in [0.05, 0.1) is 22.3 Å². The van der Waals surface area contributed by atoms with Gasteiger partial charge in [-0.1, -0.05) is 12.5 Å². The Morgan fingerprint density at radius 1 is 1.11 bits per heavy atom. The van der Waals surface area contributed by atoms with Gasteiger partial charge >= 0.3 is 0 Å². The molecular weight excluding hydrogens is 376 g/mol. The molecule has 7 nitrogen and oxygen atoms in total. The van der Waals surface area contributed by atoms with Crippen molar-refractivity contribution in [2.75, 3.05) is 18.4 Å². The van der Waals surface area contributed by atoms with Crippen LogP contribution in [0.5, 0.6) is 0 Å². The summed E-state index contributed by atoms with van der Waals surface area (Å²) < 4.78 is 27.6. The number of benzene rings is 2. The molecule has 2 heterocycles. The van der Waals surface area contributed by atoms with Crippen LogP contribution in [0.1, 0.15) is 35.2 Å². The number of sulfonamides is 1. The Morgan fingerprint density at radius 2 is 1.89 bits per heavy atom. The van der Waals surface area contributed by atoms with Gasteiger partial charge in [0.15, 0.2) is 0 Å². The molecule has 2 aromatic carbocycles. The molecule has 1 amide bonds. The molecule has 4 rings (SSSR count). The number of carbonyl (C=O) groups is 1. The van der Waals surface area contributed by atoms with Crippen molar-refractivity contribution >= 4 is 32.7 Å². The van der Waals surface area contributed by atoms with Crippen molar-refractivity contribution in [3.63, 3.8) is 0 Å². The van der Waals surface area contributed by atoms with E-state index in [1.54, 1.807) is 49.6 Å². The topological polar surface area (TPSA) is 95.2 Å². The molecule has 3 aromatic rings. The van der Waals surface area contributed by atoms with Crippen LogP contribution in [0, 0.1) is 6.92 Å². The predicted octanol–water partition coefficient (Wildman–Crippen LogP) is 3.30. The SMILES string of the molecule is Cc1ccc(NC(=O)c2ccc3nc[nH]c3c2)cc1S(=O)(=O)N1CCCCC1. The van der Waals surface area contributed by atoms with Crippen LogP contribution in [0.25, 0.3) is 11.0 Å². The molecule has 8 heteroatoms. The van der Waals surface area contributed by atoms with E-state index in [0.717, 1.165) is 30.3 Å². The number of aromatic nitrogens is 2. The van der Waals surface area contributed by atoms with E-state index in [0.29, 0.717) is 29.9 Å². The molecule has 1 fully saturated rings. The Labute approximate surface area is 163 Å². The first-order valence-electron chi connectivity index (χ1n) is 9.30. The smallest absolute Gasteiger partial charge is 0.255 e. The maximum absolute atomic E-state index is 13.0. The third-order valence-electron chi connectivity index (χ3n) is 5.06. The van der Waals surface area contributed by atoms with E-state index in [-0.39, 0.29) is 10.8 Å². The molecule has 0 atom stereocenters. The first-order valence-corrected chi connectivity index (χ1v) is 10.7. The Bertz CT molecular complexity index is 1130. The van der Waals surface area contributed by atoms with Gasteiger partial charge in [0, 0.05) is 24.3 Å². The quantitative estimate of drug-likeness (QED) is 0.705. The van der Waals surface area contributed by atoms with Crippen molar-refractivity contribution in [2.24, 2.45) is 0 Å². The van der Waals surface area contributed by atoms with Gasteiger partial charge in [-0.15, -0.1) is 0 Å². The minimum absolute atomic E-state index is 0.247. The molecule has 2 N–H and O–H groups in total. The maximum Gasteiger partial charge on any atom is 0.255 e. The number of imidazole rings is 1. The molecule has 28 heavy (non-hydrogen) atoms. The molecule has 0 aliphatic carbocycles. The average Bonchev–Trinajstić information content (AvgIpc) is 3.18. The minimum Gasteiger partial charge on any atom is -0.345 e. The van der Waals surface area contributed by atoms with Crippen LogP contribution >= 0.6 is 0 Å². The Kier molecular flexibility index (Phi) is 4.91. The number of piperidine rings is 1. The molecule has 146 valence electrons. The van der Waals surface area contributed by atoms with Gasteiger partial charge in [-0.25, -0.2) is 13.4 Å². The normalized spacial score (nSPS) is 15.6. The zero-order chi connectivity index (χ0) is 19.7. The molecule has 1 aromatic heterocycles. The Balaban J connectivity index is 1.60. The lowest BCUT2D eigenvalue weighted by molar-refractivity contribution is 0.102. The number of rotatable bonds is 4. The van der Waals surface area contributed by atoms with Crippen molar-refractivity contribution in [1.29, 1.82) is 0 Å². The number of hydrogen-bond acceptors (Lipinski definition) is 4. The number of H-pyrrole nitrogens is 1. The molecule has 1 aliphatic rings. The van der Waals surface area contributed by atoms with Crippen LogP contribution in [-0.2, 0) is 10.0 Å². The number of nitrogens with zero attached hydrogens (tertiary/aromatic N) is 2. The van der Waals surface area contributed by atoms with Gasteiger partial charge in [0.25, 0.3) is 5.91 Å². The largest absolute Gasteiger partial charge is 0.345 e. The summed E-state index contributed by atoms with van der Waals surface area (Å²) in [5.41, 5.74) is 3.14. The summed E-state index contributed by atoms with van der Waals surface area (Å²) in [6.45, 7) is 2.86. The van der Waals surface area contributed by atoms with Gasteiger partial charge in [-0.3, -0.25) is 4.79 Å². The molecule has 1 aliphatic heterocycles. The van der Waals surface area contributed by atoms with Crippen LogP contribution in [0.4, 0.5) is 5.69 Å². The van der Waals surface area contributed by atoms with Gasteiger partial charge in [-0.2, -0.15) is 4.31 Å².